The molecule has 2 fully saturated rings. The summed E-state index contributed by atoms with van der Waals surface area (Å²) < 4.78 is 12.2. The third-order valence-corrected chi connectivity index (χ3v) is 7.19. The minimum Gasteiger partial charge on any atom is -0.377 e. The van der Waals surface area contributed by atoms with Gasteiger partial charge in [0, 0.05) is 10.4 Å². The molecular weight excluding hydrogens is 398 g/mol. The lowest BCUT2D eigenvalue weighted by Crippen LogP contribution is -2.57. The summed E-state index contributed by atoms with van der Waals surface area (Å²) in [6.07, 6.45) is 4.07. The van der Waals surface area contributed by atoms with Crippen LogP contribution in [0.4, 0.5) is 0 Å². The highest BCUT2D eigenvalue weighted by Crippen LogP contribution is 2.38. The molecular formula is C24H28ClN3O2. The first-order valence-corrected chi connectivity index (χ1v) is 11.1. The van der Waals surface area contributed by atoms with Gasteiger partial charge in [-0.1, -0.05) is 41.9 Å². The van der Waals surface area contributed by atoms with Gasteiger partial charge in [-0.2, -0.15) is 5.10 Å². The van der Waals surface area contributed by atoms with Gasteiger partial charge in [-0.05, 0) is 62.0 Å². The van der Waals surface area contributed by atoms with Crippen LogP contribution in [-0.4, -0.2) is 53.0 Å². The predicted octanol–water partition coefficient (Wildman–Crippen LogP) is 4.77. The van der Waals surface area contributed by atoms with Gasteiger partial charge in [0.1, 0.15) is 6.10 Å². The number of fused-ring (bicyclic) bond motifs is 1. The molecule has 158 valence electrons. The van der Waals surface area contributed by atoms with Gasteiger partial charge in [-0.25, -0.2) is 0 Å². The molecule has 0 amide bonds. The van der Waals surface area contributed by atoms with Crippen LogP contribution >= 0.6 is 11.6 Å². The summed E-state index contributed by atoms with van der Waals surface area (Å²) in [5.41, 5.74) is 3.41. The Morgan fingerprint density at radius 2 is 2.03 bits per heavy atom. The lowest BCUT2D eigenvalue weighted by Gasteiger charge is -2.45. The number of H-pyrrole nitrogens is 1. The maximum absolute atomic E-state index is 6.61. The Balaban J connectivity index is 1.25. The number of nitrogens with zero attached hydrogens (tertiary/aromatic N) is 2. The number of halogens is 1. The Hall–Kier alpha value is -1.92. The molecule has 0 bridgehead atoms. The number of aromatic amines is 1. The maximum Gasteiger partial charge on any atom is 0.102 e. The average molecular weight is 426 g/mol. The molecule has 0 radical (unpaired) electrons. The summed E-state index contributed by atoms with van der Waals surface area (Å²) in [6, 6.07) is 14.6. The summed E-state index contributed by atoms with van der Waals surface area (Å²) in [4.78, 5) is 2.56. The van der Waals surface area contributed by atoms with E-state index >= 15 is 0 Å². The lowest BCUT2D eigenvalue weighted by molar-refractivity contribution is -0.0521. The number of ether oxygens (including phenoxy) is 2. The standard InChI is InChI=1S/C24H28ClN3O2/c1-24(16-29-15-23(24)30-14-17-5-3-2-4-6-17)28-9-7-18(8-10-28)20-12-22-19(11-21(20)25)13-26-27-22/h2-6,11-13,18,23H,7-10,14-16H2,1H3,(H,26,27). The SMILES string of the molecule is CC1(N2CCC(c3cc4[nH]ncc4cc3Cl)CC2)COCC1OCc1ccccc1. The van der Waals surface area contributed by atoms with Gasteiger partial charge in [0.05, 0.1) is 37.1 Å². The largest absolute Gasteiger partial charge is 0.377 e. The highest BCUT2D eigenvalue weighted by molar-refractivity contribution is 6.32. The molecule has 0 spiro atoms. The zero-order valence-corrected chi connectivity index (χ0v) is 18.1. The van der Waals surface area contributed by atoms with E-state index in [0.717, 1.165) is 48.5 Å². The number of piperidine rings is 1. The average Bonchev–Trinajstić information content (AvgIpc) is 3.39. The number of likely N-dealkylation sites (tertiary alicyclic amines) is 1. The van der Waals surface area contributed by atoms with E-state index in [9.17, 15) is 0 Å². The molecule has 0 saturated carbocycles. The quantitative estimate of drug-likeness (QED) is 0.639. The van der Waals surface area contributed by atoms with Crippen molar-refractivity contribution in [3.8, 4) is 0 Å². The van der Waals surface area contributed by atoms with Crippen LogP contribution in [0.25, 0.3) is 10.9 Å². The van der Waals surface area contributed by atoms with E-state index in [1.807, 2.05) is 18.3 Å². The molecule has 3 heterocycles. The monoisotopic (exact) mass is 425 g/mol. The molecule has 0 aliphatic carbocycles. The van der Waals surface area contributed by atoms with Crippen molar-refractivity contribution in [3.63, 3.8) is 0 Å². The molecule has 1 N–H and O–H groups in total. The van der Waals surface area contributed by atoms with Crippen molar-refractivity contribution in [3.05, 3.63) is 64.8 Å². The van der Waals surface area contributed by atoms with Gasteiger partial charge < -0.3 is 9.47 Å². The van der Waals surface area contributed by atoms with Crippen molar-refractivity contribution in [1.29, 1.82) is 0 Å². The smallest absolute Gasteiger partial charge is 0.102 e. The first kappa shape index (κ1) is 20.0. The Labute approximate surface area is 182 Å². The van der Waals surface area contributed by atoms with Crippen LogP contribution in [0.1, 0.15) is 36.8 Å². The fraction of sp³-hybridized carbons (Fsp3) is 0.458. The van der Waals surface area contributed by atoms with Crippen molar-refractivity contribution in [2.75, 3.05) is 26.3 Å². The molecule has 2 atom stereocenters. The number of hydrogen-bond donors (Lipinski definition) is 1. The van der Waals surface area contributed by atoms with E-state index in [1.165, 1.54) is 11.1 Å². The Kier molecular flexibility index (Phi) is 5.54. The number of nitrogens with one attached hydrogen (secondary N) is 1. The minimum absolute atomic E-state index is 0.0826. The van der Waals surface area contributed by atoms with E-state index in [2.05, 4.69) is 52.4 Å². The van der Waals surface area contributed by atoms with E-state index < -0.39 is 0 Å². The topological polar surface area (TPSA) is 50.4 Å². The van der Waals surface area contributed by atoms with Gasteiger partial charge in [0.15, 0.2) is 0 Å². The van der Waals surface area contributed by atoms with Crippen LogP contribution in [0.2, 0.25) is 5.02 Å². The second-order valence-corrected chi connectivity index (χ2v) is 9.16. The Morgan fingerprint density at radius 3 is 2.83 bits per heavy atom. The van der Waals surface area contributed by atoms with Gasteiger partial charge in [-0.15, -0.1) is 0 Å². The Morgan fingerprint density at radius 1 is 1.23 bits per heavy atom. The van der Waals surface area contributed by atoms with Crippen molar-refractivity contribution < 1.29 is 9.47 Å². The first-order valence-electron chi connectivity index (χ1n) is 10.7. The van der Waals surface area contributed by atoms with Crippen LogP contribution < -0.4 is 0 Å². The fourth-order valence-electron chi connectivity index (χ4n) is 4.93. The normalized spacial score (nSPS) is 25.9. The summed E-state index contributed by atoms with van der Waals surface area (Å²) in [6.45, 7) is 6.34. The first-order chi connectivity index (χ1) is 14.6. The number of rotatable bonds is 5. The van der Waals surface area contributed by atoms with Gasteiger partial charge in [0.2, 0.25) is 0 Å². The summed E-state index contributed by atoms with van der Waals surface area (Å²) in [5.74, 6) is 0.469. The molecule has 6 heteroatoms. The molecule has 30 heavy (non-hydrogen) atoms. The predicted molar refractivity (Wildman–Crippen MR) is 119 cm³/mol. The third kappa shape index (κ3) is 3.76. The molecule has 5 nitrogen and oxygen atoms in total. The lowest BCUT2D eigenvalue weighted by atomic mass is 9.85. The third-order valence-electron chi connectivity index (χ3n) is 6.87. The van der Waals surface area contributed by atoms with Gasteiger partial charge in [-0.3, -0.25) is 10.00 Å². The molecule has 5 rings (SSSR count). The van der Waals surface area contributed by atoms with Crippen molar-refractivity contribution >= 4 is 22.5 Å². The molecule has 1 aromatic heterocycles. The number of hydrogen-bond acceptors (Lipinski definition) is 4. The highest BCUT2D eigenvalue weighted by Gasteiger charge is 2.46. The van der Waals surface area contributed by atoms with E-state index in [0.29, 0.717) is 19.1 Å². The molecule has 2 aliphatic heterocycles. The molecule has 3 aromatic rings. The number of aromatic nitrogens is 2. The van der Waals surface area contributed by atoms with Crippen LogP contribution in [0.5, 0.6) is 0 Å². The minimum atomic E-state index is -0.0864. The zero-order chi connectivity index (χ0) is 20.6. The van der Waals surface area contributed by atoms with E-state index in [-0.39, 0.29) is 11.6 Å². The summed E-state index contributed by atoms with van der Waals surface area (Å²) in [5, 5.41) is 9.11. The molecule has 2 aromatic carbocycles. The fourth-order valence-corrected chi connectivity index (χ4v) is 5.26. The summed E-state index contributed by atoms with van der Waals surface area (Å²) in [7, 11) is 0. The zero-order valence-electron chi connectivity index (χ0n) is 17.3. The van der Waals surface area contributed by atoms with Crippen molar-refractivity contribution in [2.45, 2.75) is 43.9 Å². The van der Waals surface area contributed by atoms with Crippen LogP contribution in [-0.2, 0) is 16.1 Å². The number of benzene rings is 2. The summed E-state index contributed by atoms with van der Waals surface area (Å²) >= 11 is 6.61. The molecule has 2 aliphatic rings. The van der Waals surface area contributed by atoms with E-state index in [1.54, 1.807) is 0 Å². The van der Waals surface area contributed by atoms with Crippen molar-refractivity contribution in [2.24, 2.45) is 0 Å². The Bertz CT molecular complexity index is 1000. The maximum atomic E-state index is 6.61. The van der Waals surface area contributed by atoms with Gasteiger partial charge in [0.25, 0.3) is 0 Å². The molecule has 2 unspecified atom stereocenters. The van der Waals surface area contributed by atoms with E-state index in [4.69, 9.17) is 21.1 Å². The molecule has 2 saturated heterocycles. The van der Waals surface area contributed by atoms with Crippen LogP contribution in [0.3, 0.4) is 0 Å². The highest BCUT2D eigenvalue weighted by atomic mass is 35.5. The second kappa shape index (κ2) is 8.31. The van der Waals surface area contributed by atoms with Crippen LogP contribution in [0, 0.1) is 0 Å². The van der Waals surface area contributed by atoms with Crippen LogP contribution in [0.15, 0.2) is 48.7 Å². The van der Waals surface area contributed by atoms with Crippen molar-refractivity contribution in [1.82, 2.24) is 15.1 Å². The van der Waals surface area contributed by atoms with Gasteiger partial charge >= 0.3 is 0 Å². The second-order valence-electron chi connectivity index (χ2n) is 8.75.